The molecule has 1 heterocycles. The molecule has 0 saturated carbocycles. The summed E-state index contributed by atoms with van der Waals surface area (Å²) in [5.74, 6) is 1.63. The zero-order valence-corrected chi connectivity index (χ0v) is 8.84. The van der Waals surface area contributed by atoms with Gasteiger partial charge in [-0.15, -0.1) is 12.4 Å². The largest absolute Gasteiger partial charge is 0.493 e. The van der Waals surface area contributed by atoms with Crippen molar-refractivity contribution in [1.29, 1.82) is 0 Å². The molecule has 0 spiro atoms. The van der Waals surface area contributed by atoms with Gasteiger partial charge in [0.1, 0.15) is 6.10 Å². The van der Waals surface area contributed by atoms with Gasteiger partial charge in [-0.2, -0.15) is 0 Å². The molecular weight excluding hydrogens is 202 g/mol. The Morgan fingerprint density at radius 3 is 2.36 bits per heavy atom. The summed E-state index contributed by atoms with van der Waals surface area (Å²) < 4.78 is 10.9. The fourth-order valence-corrected chi connectivity index (χ4v) is 1.24. The van der Waals surface area contributed by atoms with E-state index in [0.717, 1.165) is 24.6 Å². The van der Waals surface area contributed by atoms with Gasteiger partial charge in [0.15, 0.2) is 11.5 Å². The van der Waals surface area contributed by atoms with Crippen LogP contribution in [0, 0.1) is 0 Å². The second kappa shape index (κ2) is 5.08. The topological polar surface area (TPSA) is 30.5 Å². The number of benzene rings is 1. The fraction of sp³-hybridized carbons (Fsp3) is 0.400. The number of methoxy groups -OCH3 is 1. The molecule has 1 aliphatic rings. The molecule has 0 aliphatic carbocycles. The maximum Gasteiger partial charge on any atom is 0.161 e. The van der Waals surface area contributed by atoms with E-state index in [9.17, 15) is 0 Å². The highest BCUT2D eigenvalue weighted by Crippen LogP contribution is 2.27. The van der Waals surface area contributed by atoms with Crippen LogP contribution in [-0.4, -0.2) is 26.3 Å². The van der Waals surface area contributed by atoms with E-state index < -0.39 is 0 Å². The normalized spacial score (nSPS) is 15.2. The monoisotopic (exact) mass is 215 g/mol. The highest BCUT2D eigenvalue weighted by Gasteiger charge is 2.19. The molecule has 78 valence electrons. The molecule has 1 aliphatic heterocycles. The molecule has 0 unspecified atom stereocenters. The molecular formula is C10H14ClNO2. The second-order valence-corrected chi connectivity index (χ2v) is 3.05. The Balaban J connectivity index is 0.000000980. The molecule has 0 radical (unpaired) electrons. The highest BCUT2D eigenvalue weighted by atomic mass is 35.5. The summed E-state index contributed by atoms with van der Waals surface area (Å²) in [5.41, 5.74) is 0. The smallest absolute Gasteiger partial charge is 0.161 e. The Kier molecular flexibility index (Phi) is 4.04. The predicted molar refractivity (Wildman–Crippen MR) is 57.5 cm³/mol. The van der Waals surface area contributed by atoms with Crippen molar-refractivity contribution in [2.45, 2.75) is 6.10 Å². The third kappa shape index (κ3) is 2.30. The van der Waals surface area contributed by atoms with E-state index in [1.54, 1.807) is 7.11 Å². The minimum absolute atomic E-state index is 0. The molecule has 1 fully saturated rings. The number of nitrogens with one attached hydrogen (secondary N) is 1. The molecule has 0 atom stereocenters. The standard InChI is InChI=1S/C10H13NO2.ClH/c1-12-9-4-2-3-5-10(9)13-8-6-11-7-8;/h2-5,8,11H,6-7H2,1H3;1H. The minimum Gasteiger partial charge on any atom is -0.493 e. The van der Waals surface area contributed by atoms with Crippen LogP contribution in [0.2, 0.25) is 0 Å². The average Bonchev–Trinajstić information content (AvgIpc) is 2.12. The van der Waals surface area contributed by atoms with Gasteiger partial charge in [-0.05, 0) is 12.1 Å². The highest BCUT2D eigenvalue weighted by molar-refractivity contribution is 5.85. The lowest BCUT2D eigenvalue weighted by molar-refractivity contribution is 0.137. The van der Waals surface area contributed by atoms with Crippen LogP contribution in [0.3, 0.4) is 0 Å². The van der Waals surface area contributed by atoms with Gasteiger partial charge in [0.25, 0.3) is 0 Å². The zero-order valence-electron chi connectivity index (χ0n) is 8.03. The summed E-state index contributed by atoms with van der Waals surface area (Å²) in [4.78, 5) is 0. The van der Waals surface area contributed by atoms with Gasteiger partial charge in [0, 0.05) is 13.1 Å². The quantitative estimate of drug-likeness (QED) is 0.829. The van der Waals surface area contributed by atoms with Crippen molar-refractivity contribution in [1.82, 2.24) is 5.32 Å². The SMILES string of the molecule is COc1ccccc1OC1CNC1.Cl. The van der Waals surface area contributed by atoms with Crippen LogP contribution in [0.1, 0.15) is 0 Å². The number of halogens is 1. The van der Waals surface area contributed by atoms with E-state index in [1.807, 2.05) is 24.3 Å². The number of para-hydroxylation sites is 2. The van der Waals surface area contributed by atoms with Crippen molar-refractivity contribution < 1.29 is 9.47 Å². The molecule has 1 aromatic rings. The summed E-state index contributed by atoms with van der Waals surface area (Å²) in [5, 5.41) is 3.15. The lowest BCUT2D eigenvalue weighted by Gasteiger charge is -2.28. The lowest BCUT2D eigenvalue weighted by atomic mass is 10.2. The number of rotatable bonds is 3. The Bertz CT molecular complexity index is 289. The Labute approximate surface area is 89.8 Å². The summed E-state index contributed by atoms with van der Waals surface area (Å²) in [6.45, 7) is 1.86. The van der Waals surface area contributed by atoms with Crippen LogP contribution in [-0.2, 0) is 0 Å². The Morgan fingerprint density at radius 2 is 1.86 bits per heavy atom. The van der Waals surface area contributed by atoms with E-state index in [1.165, 1.54) is 0 Å². The average molecular weight is 216 g/mol. The molecule has 1 N–H and O–H groups in total. The summed E-state index contributed by atoms with van der Waals surface area (Å²) in [7, 11) is 1.65. The molecule has 2 rings (SSSR count). The summed E-state index contributed by atoms with van der Waals surface area (Å²) in [6.07, 6.45) is 0.302. The summed E-state index contributed by atoms with van der Waals surface area (Å²) >= 11 is 0. The molecule has 0 bridgehead atoms. The van der Waals surface area contributed by atoms with Gasteiger partial charge in [-0.25, -0.2) is 0 Å². The van der Waals surface area contributed by atoms with Crippen LogP contribution in [0.5, 0.6) is 11.5 Å². The van der Waals surface area contributed by atoms with Gasteiger partial charge in [-0.1, -0.05) is 12.1 Å². The van der Waals surface area contributed by atoms with Crippen molar-refractivity contribution in [3.63, 3.8) is 0 Å². The van der Waals surface area contributed by atoms with E-state index >= 15 is 0 Å². The predicted octanol–water partition coefficient (Wildman–Crippen LogP) is 1.47. The van der Waals surface area contributed by atoms with E-state index in [2.05, 4.69) is 5.32 Å². The van der Waals surface area contributed by atoms with Gasteiger partial charge < -0.3 is 14.8 Å². The third-order valence-electron chi connectivity index (χ3n) is 2.11. The number of hydrogen-bond acceptors (Lipinski definition) is 3. The van der Waals surface area contributed by atoms with Crippen LogP contribution in [0.4, 0.5) is 0 Å². The molecule has 1 saturated heterocycles. The zero-order chi connectivity index (χ0) is 9.10. The van der Waals surface area contributed by atoms with E-state index in [-0.39, 0.29) is 12.4 Å². The molecule has 4 heteroatoms. The maximum atomic E-state index is 5.68. The first-order valence-electron chi connectivity index (χ1n) is 4.40. The molecule has 1 aromatic carbocycles. The van der Waals surface area contributed by atoms with Gasteiger partial charge in [0.05, 0.1) is 7.11 Å². The lowest BCUT2D eigenvalue weighted by Crippen LogP contribution is -2.50. The fourth-order valence-electron chi connectivity index (χ4n) is 1.24. The third-order valence-corrected chi connectivity index (χ3v) is 2.11. The maximum absolute atomic E-state index is 5.68. The van der Waals surface area contributed by atoms with Crippen molar-refractivity contribution in [2.75, 3.05) is 20.2 Å². The molecule has 0 aromatic heterocycles. The first kappa shape index (κ1) is 11.1. The molecule has 3 nitrogen and oxygen atoms in total. The van der Waals surface area contributed by atoms with Gasteiger partial charge >= 0.3 is 0 Å². The van der Waals surface area contributed by atoms with Crippen molar-refractivity contribution in [3.05, 3.63) is 24.3 Å². The first-order valence-corrected chi connectivity index (χ1v) is 4.40. The summed E-state index contributed by atoms with van der Waals surface area (Å²) in [6, 6.07) is 7.72. The number of hydrogen-bond donors (Lipinski definition) is 1. The van der Waals surface area contributed by atoms with Gasteiger partial charge in [-0.3, -0.25) is 0 Å². The van der Waals surface area contributed by atoms with E-state index in [0.29, 0.717) is 6.10 Å². The van der Waals surface area contributed by atoms with Crippen LogP contribution in [0.15, 0.2) is 24.3 Å². The van der Waals surface area contributed by atoms with Crippen LogP contribution < -0.4 is 14.8 Å². The van der Waals surface area contributed by atoms with Crippen LogP contribution in [0.25, 0.3) is 0 Å². The number of ether oxygens (including phenoxy) is 2. The van der Waals surface area contributed by atoms with E-state index in [4.69, 9.17) is 9.47 Å². The molecule has 0 amide bonds. The van der Waals surface area contributed by atoms with Crippen molar-refractivity contribution in [3.8, 4) is 11.5 Å². The Morgan fingerprint density at radius 1 is 1.21 bits per heavy atom. The first-order chi connectivity index (χ1) is 6.40. The Hall–Kier alpha value is -0.930. The molecule has 14 heavy (non-hydrogen) atoms. The van der Waals surface area contributed by atoms with Crippen LogP contribution >= 0.6 is 12.4 Å². The second-order valence-electron chi connectivity index (χ2n) is 3.05. The van der Waals surface area contributed by atoms with Crippen molar-refractivity contribution >= 4 is 12.4 Å². The minimum atomic E-state index is 0. The van der Waals surface area contributed by atoms with Crippen molar-refractivity contribution in [2.24, 2.45) is 0 Å². The van der Waals surface area contributed by atoms with Gasteiger partial charge in [0.2, 0.25) is 0 Å².